The van der Waals surface area contributed by atoms with Gasteiger partial charge in [-0.1, -0.05) is 17.7 Å². The van der Waals surface area contributed by atoms with Gasteiger partial charge in [-0.15, -0.1) is 24.0 Å². The fraction of sp³-hybridized carbons (Fsp3) is 0.421. The van der Waals surface area contributed by atoms with Crippen molar-refractivity contribution in [3.63, 3.8) is 0 Å². The molecular formula is C19H25ClFIN6. The lowest BCUT2D eigenvalue weighted by atomic mass is 10.2. The highest BCUT2D eigenvalue weighted by Crippen LogP contribution is 2.20. The van der Waals surface area contributed by atoms with Crippen molar-refractivity contribution in [1.29, 1.82) is 0 Å². The average molecular weight is 519 g/mol. The third kappa shape index (κ3) is 6.44. The molecule has 3 rings (SSSR count). The van der Waals surface area contributed by atoms with E-state index in [2.05, 4.69) is 25.6 Å². The van der Waals surface area contributed by atoms with E-state index in [0.717, 1.165) is 37.5 Å². The van der Waals surface area contributed by atoms with Gasteiger partial charge in [0.15, 0.2) is 17.6 Å². The zero-order chi connectivity index (χ0) is 19.1. The van der Waals surface area contributed by atoms with E-state index < -0.39 is 0 Å². The zero-order valence-corrected chi connectivity index (χ0v) is 18.8. The Hall–Kier alpha value is -1.68. The van der Waals surface area contributed by atoms with Gasteiger partial charge in [0, 0.05) is 44.6 Å². The van der Waals surface area contributed by atoms with Crippen LogP contribution in [0.1, 0.15) is 18.9 Å². The molecular weight excluding hydrogens is 494 g/mol. The largest absolute Gasteiger partial charge is 0.357 e. The minimum absolute atomic E-state index is 0. The number of rotatable bonds is 6. The van der Waals surface area contributed by atoms with E-state index in [4.69, 9.17) is 11.6 Å². The Labute approximate surface area is 187 Å². The van der Waals surface area contributed by atoms with E-state index in [9.17, 15) is 4.39 Å². The molecule has 1 fully saturated rings. The summed E-state index contributed by atoms with van der Waals surface area (Å²) in [6, 6.07) is 6.99. The Morgan fingerprint density at radius 1 is 1.36 bits per heavy atom. The van der Waals surface area contributed by atoms with Crippen LogP contribution in [0.25, 0.3) is 0 Å². The zero-order valence-electron chi connectivity index (χ0n) is 15.7. The lowest BCUT2D eigenvalue weighted by Gasteiger charge is -2.20. The van der Waals surface area contributed by atoms with Crippen LogP contribution in [0.15, 0.2) is 41.7 Å². The van der Waals surface area contributed by atoms with Crippen LogP contribution in [0.5, 0.6) is 0 Å². The summed E-state index contributed by atoms with van der Waals surface area (Å²) in [4.78, 5) is 14.8. The number of nitrogens with one attached hydrogen (secondary N) is 2. The number of aromatic nitrogens is 2. The van der Waals surface area contributed by atoms with Crippen LogP contribution in [0.4, 0.5) is 10.2 Å². The predicted octanol–water partition coefficient (Wildman–Crippen LogP) is 3.26. The summed E-state index contributed by atoms with van der Waals surface area (Å²) in [7, 11) is 0. The Kier molecular flexibility index (Phi) is 9.17. The molecule has 28 heavy (non-hydrogen) atoms. The summed E-state index contributed by atoms with van der Waals surface area (Å²) in [6.45, 7) is 4.91. The van der Waals surface area contributed by atoms with Gasteiger partial charge in [-0.2, -0.15) is 0 Å². The molecule has 0 spiro atoms. The second kappa shape index (κ2) is 11.4. The van der Waals surface area contributed by atoms with Crippen LogP contribution in [-0.2, 0) is 6.42 Å². The van der Waals surface area contributed by atoms with E-state index in [1.165, 1.54) is 6.07 Å². The third-order valence-corrected chi connectivity index (χ3v) is 4.59. The molecule has 2 aromatic heterocycles. The molecule has 0 saturated carbocycles. The van der Waals surface area contributed by atoms with Crippen molar-refractivity contribution in [3.8, 4) is 0 Å². The average Bonchev–Trinajstić information content (AvgIpc) is 3.12. The molecule has 9 heteroatoms. The van der Waals surface area contributed by atoms with Gasteiger partial charge in [0.25, 0.3) is 0 Å². The predicted molar refractivity (Wildman–Crippen MR) is 122 cm³/mol. The number of hydrogen-bond donors (Lipinski definition) is 2. The summed E-state index contributed by atoms with van der Waals surface area (Å²) < 4.78 is 13.9. The molecule has 1 aliphatic rings. The molecule has 1 saturated heterocycles. The number of halogens is 3. The summed E-state index contributed by atoms with van der Waals surface area (Å²) in [6.07, 6.45) is 5.09. The number of anilines is 1. The van der Waals surface area contributed by atoms with Crippen molar-refractivity contribution >= 4 is 47.4 Å². The van der Waals surface area contributed by atoms with E-state index in [-0.39, 0.29) is 35.8 Å². The maximum absolute atomic E-state index is 13.9. The molecule has 0 aromatic carbocycles. The normalized spacial score (nSPS) is 16.6. The fourth-order valence-corrected chi connectivity index (χ4v) is 3.16. The lowest BCUT2D eigenvalue weighted by Crippen LogP contribution is -2.44. The van der Waals surface area contributed by atoms with Crippen LogP contribution in [0, 0.1) is 5.82 Å². The van der Waals surface area contributed by atoms with Crippen molar-refractivity contribution in [2.24, 2.45) is 4.99 Å². The highest BCUT2D eigenvalue weighted by atomic mass is 127. The smallest absolute Gasteiger partial charge is 0.191 e. The standard InChI is InChI=1S/C19H24ClFN6.HI/c1-2-22-19(24-10-7-14-5-6-17(20)25-12-14)26-15-8-11-27(13-15)18-16(21)4-3-9-23-18;/h3-6,9,12,15H,2,7-8,10-11,13H2,1H3,(H2,22,24,26);1H. The Balaban J connectivity index is 0.00000280. The minimum atomic E-state index is -0.282. The Morgan fingerprint density at radius 2 is 2.21 bits per heavy atom. The molecule has 0 bridgehead atoms. The summed E-state index contributed by atoms with van der Waals surface area (Å²) >= 11 is 5.81. The molecule has 152 valence electrons. The molecule has 2 aromatic rings. The summed E-state index contributed by atoms with van der Waals surface area (Å²) in [5, 5.41) is 7.20. The Morgan fingerprint density at radius 3 is 2.93 bits per heavy atom. The maximum Gasteiger partial charge on any atom is 0.191 e. The summed E-state index contributed by atoms with van der Waals surface area (Å²) in [5.41, 5.74) is 1.09. The van der Waals surface area contributed by atoms with Gasteiger partial charge in [-0.3, -0.25) is 4.99 Å². The first kappa shape index (κ1) is 22.6. The van der Waals surface area contributed by atoms with Crippen LogP contribution >= 0.6 is 35.6 Å². The minimum Gasteiger partial charge on any atom is -0.357 e. The third-order valence-electron chi connectivity index (χ3n) is 4.37. The first-order chi connectivity index (χ1) is 13.2. The van der Waals surface area contributed by atoms with Gasteiger partial charge in [0.2, 0.25) is 0 Å². The second-order valence-electron chi connectivity index (χ2n) is 6.38. The molecule has 0 aliphatic carbocycles. The van der Waals surface area contributed by atoms with Crippen LogP contribution < -0.4 is 15.5 Å². The highest BCUT2D eigenvalue weighted by Gasteiger charge is 2.25. The Bertz CT molecular complexity index is 773. The number of pyridine rings is 2. The number of nitrogens with zero attached hydrogens (tertiary/aromatic N) is 4. The fourth-order valence-electron chi connectivity index (χ4n) is 3.05. The van der Waals surface area contributed by atoms with E-state index in [0.29, 0.717) is 24.1 Å². The monoisotopic (exact) mass is 518 g/mol. The highest BCUT2D eigenvalue weighted by molar-refractivity contribution is 14.0. The number of aliphatic imine (C=N–C) groups is 1. The molecule has 0 radical (unpaired) electrons. The van der Waals surface area contributed by atoms with Crippen molar-refractivity contribution in [2.45, 2.75) is 25.8 Å². The second-order valence-corrected chi connectivity index (χ2v) is 6.77. The van der Waals surface area contributed by atoms with Gasteiger partial charge in [-0.05, 0) is 43.5 Å². The van der Waals surface area contributed by atoms with Gasteiger partial charge in [0.1, 0.15) is 5.15 Å². The van der Waals surface area contributed by atoms with Crippen molar-refractivity contribution in [3.05, 3.63) is 53.2 Å². The molecule has 2 N–H and O–H groups in total. The van der Waals surface area contributed by atoms with E-state index in [1.807, 2.05) is 17.9 Å². The molecule has 1 unspecified atom stereocenters. The van der Waals surface area contributed by atoms with Gasteiger partial charge < -0.3 is 15.5 Å². The van der Waals surface area contributed by atoms with Crippen LogP contribution in [-0.4, -0.2) is 48.1 Å². The molecule has 6 nitrogen and oxygen atoms in total. The van der Waals surface area contributed by atoms with E-state index >= 15 is 0 Å². The summed E-state index contributed by atoms with van der Waals surface area (Å²) in [5.74, 6) is 0.905. The topological polar surface area (TPSA) is 65.4 Å². The van der Waals surface area contributed by atoms with Gasteiger partial charge in [-0.25, -0.2) is 14.4 Å². The van der Waals surface area contributed by atoms with Crippen LogP contribution in [0.2, 0.25) is 5.15 Å². The van der Waals surface area contributed by atoms with Crippen molar-refractivity contribution < 1.29 is 4.39 Å². The van der Waals surface area contributed by atoms with E-state index in [1.54, 1.807) is 24.5 Å². The quantitative estimate of drug-likeness (QED) is 0.266. The van der Waals surface area contributed by atoms with Crippen LogP contribution in [0.3, 0.4) is 0 Å². The first-order valence-electron chi connectivity index (χ1n) is 9.16. The molecule has 0 amide bonds. The lowest BCUT2D eigenvalue weighted by molar-refractivity contribution is 0.612. The number of hydrogen-bond acceptors (Lipinski definition) is 4. The first-order valence-corrected chi connectivity index (χ1v) is 9.54. The van der Waals surface area contributed by atoms with Gasteiger partial charge in [0.05, 0.1) is 0 Å². The van der Waals surface area contributed by atoms with Gasteiger partial charge >= 0.3 is 0 Å². The number of guanidine groups is 1. The molecule has 1 atom stereocenters. The molecule has 3 heterocycles. The molecule has 1 aliphatic heterocycles. The SMILES string of the molecule is CCNC(=NCCc1ccc(Cl)nc1)NC1CCN(c2ncccc2F)C1.I. The van der Waals surface area contributed by atoms with Crippen molar-refractivity contribution in [1.82, 2.24) is 20.6 Å². The maximum atomic E-state index is 13.9. The van der Waals surface area contributed by atoms with Crippen molar-refractivity contribution in [2.75, 3.05) is 31.1 Å².